The van der Waals surface area contributed by atoms with Crippen LogP contribution in [0.2, 0.25) is 0 Å². The van der Waals surface area contributed by atoms with E-state index in [-0.39, 0.29) is 6.54 Å². The Bertz CT molecular complexity index is 344. The summed E-state index contributed by atoms with van der Waals surface area (Å²) in [4.78, 5) is 11.3. The Morgan fingerprint density at radius 3 is 2.35 bits per heavy atom. The number of carbonyl (C=O) groups is 1. The molecular formula is C10H21NO5S. The number of rotatable bonds is 6. The Labute approximate surface area is 102 Å². The highest BCUT2D eigenvalue weighted by Crippen LogP contribution is 2.08. The van der Waals surface area contributed by atoms with Gasteiger partial charge in [0.2, 0.25) is 0 Å². The van der Waals surface area contributed by atoms with Crippen LogP contribution < -0.4 is 5.32 Å². The highest BCUT2D eigenvalue weighted by atomic mass is 32.2. The van der Waals surface area contributed by atoms with Gasteiger partial charge >= 0.3 is 5.97 Å². The number of sulfone groups is 1. The fourth-order valence-electron chi connectivity index (χ4n) is 1.20. The van der Waals surface area contributed by atoms with E-state index in [1.165, 1.54) is 0 Å². The van der Waals surface area contributed by atoms with Crippen LogP contribution in [0.15, 0.2) is 0 Å². The molecule has 7 heteroatoms. The summed E-state index contributed by atoms with van der Waals surface area (Å²) in [5.74, 6) is -1.95. The number of esters is 1. The van der Waals surface area contributed by atoms with Gasteiger partial charge < -0.3 is 15.2 Å². The molecular weight excluding hydrogens is 246 g/mol. The SMILES string of the molecule is CNCC(O)CS(=O)(=O)CC(=O)OC(C)(C)C. The smallest absolute Gasteiger partial charge is 0.321 e. The third-order valence-electron chi connectivity index (χ3n) is 1.64. The molecule has 0 bridgehead atoms. The number of carbonyl (C=O) groups excluding carboxylic acids is 1. The average Bonchev–Trinajstić information content (AvgIpc) is 1.96. The minimum atomic E-state index is -3.64. The van der Waals surface area contributed by atoms with Gasteiger partial charge in [-0.25, -0.2) is 8.42 Å². The Kier molecular flexibility index (Phi) is 6.08. The summed E-state index contributed by atoms with van der Waals surface area (Å²) in [6.45, 7) is 5.14. The molecule has 0 heterocycles. The van der Waals surface area contributed by atoms with Crippen molar-refractivity contribution in [1.29, 1.82) is 0 Å². The third-order valence-corrected chi connectivity index (χ3v) is 3.21. The van der Waals surface area contributed by atoms with Gasteiger partial charge in [-0.1, -0.05) is 0 Å². The van der Waals surface area contributed by atoms with Crippen LogP contribution in [0.5, 0.6) is 0 Å². The third kappa shape index (κ3) is 9.08. The summed E-state index contributed by atoms with van der Waals surface area (Å²) < 4.78 is 27.9. The van der Waals surface area contributed by atoms with E-state index < -0.39 is 39.0 Å². The zero-order valence-corrected chi connectivity index (χ0v) is 11.5. The summed E-state index contributed by atoms with van der Waals surface area (Å²) in [5.41, 5.74) is -0.712. The topological polar surface area (TPSA) is 92.7 Å². The van der Waals surface area contributed by atoms with Gasteiger partial charge in [-0.2, -0.15) is 0 Å². The molecule has 0 saturated heterocycles. The number of hydrogen-bond donors (Lipinski definition) is 2. The molecule has 2 N–H and O–H groups in total. The van der Waals surface area contributed by atoms with Crippen LogP contribution in [0.25, 0.3) is 0 Å². The molecule has 0 radical (unpaired) electrons. The molecule has 0 aliphatic rings. The lowest BCUT2D eigenvalue weighted by atomic mass is 10.2. The van der Waals surface area contributed by atoms with E-state index >= 15 is 0 Å². The van der Waals surface area contributed by atoms with E-state index in [0.29, 0.717) is 0 Å². The van der Waals surface area contributed by atoms with Crippen molar-refractivity contribution >= 4 is 15.8 Å². The molecule has 0 fully saturated rings. The van der Waals surface area contributed by atoms with Crippen LogP contribution in [0.3, 0.4) is 0 Å². The van der Waals surface area contributed by atoms with Crippen molar-refractivity contribution in [3.63, 3.8) is 0 Å². The predicted octanol–water partition coefficient (Wildman–Crippen LogP) is -0.677. The van der Waals surface area contributed by atoms with Gasteiger partial charge in [0.05, 0.1) is 11.9 Å². The first kappa shape index (κ1) is 16.3. The molecule has 1 atom stereocenters. The minimum absolute atomic E-state index is 0.160. The average molecular weight is 267 g/mol. The van der Waals surface area contributed by atoms with Crippen LogP contribution in [-0.2, 0) is 19.4 Å². The molecule has 0 rings (SSSR count). The lowest BCUT2D eigenvalue weighted by Crippen LogP contribution is -2.35. The maximum Gasteiger partial charge on any atom is 0.321 e. The molecule has 0 saturated carbocycles. The Morgan fingerprint density at radius 2 is 1.94 bits per heavy atom. The first-order chi connectivity index (χ1) is 7.56. The van der Waals surface area contributed by atoms with Crippen LogP contribution in [-0.4, -0.2) is 56.3 Å². The summed E-state index contributed by atoms with van der Waals surface area (Å²) >= 11 is 0. The molecule has 0 aromatic heterocycles. The van der Waals surface area contributed by atoms with Crippen LogP contribution in [0.4, 0.5) is 0 Å². The summed E-state index contributed by atoms with van der Waals surface area (Å²) in [5, 5.41) is 12.0. The highest BCUT2D eigenvalue weighted by Gasteiger charge is 2.24. The van der Waals surface area contributed by atoms with Crippen molar-refractivity contribution in [3.8, 4) is 0 Å². The largest absolute Gasteiger partial charge is 0.459 e. The zero-order valence-electron chi connectivity index (χ0n) is 10.7. The van der Waals surface area contributed by atoms with Crippen LogP contribution >= 0.6 is 0 Å². The van der Waals surface area contributed by atoms with Gasteiger partial charge in [0.15, 0.2) is 9.84 Å². The predicted molar refractivity (Wildman–Crippen MR) is 64.4 cm³/mol. The fraction of sp³-hybridized carbons (Fsp3) is 0.900. The van der Waals surface area contributed by atoms with Crippen molar-refractivity contribution in [2.75, 3.05) is 25.1 Å². The molecule has 17 heavy (non-hydrogen) atoms. The van der Waals surface area contributed by atoms with Gasteiger partial charge in [0.1, 0.15) is 11.4 Å². The summed E-state index contributed by atoms with van der Waals surface area (Å²) in [6, 6.07) is 0. The number of ether oxygens (including phenoxy) is 1. The normalized spacial score (nSPS) is 14.4. The maximum absolute atomic E-state index is 11.5. The zero-order chi connectivity index (χ0) is 13.7. The second-order valence-corrected chi connectivity index (χ2v) is 6.96. The van der Waals surface area contributed by atoms with Crippen molar-refractivity contribution in [2.24, 2.45) is 0 Å². The summed E-state index contributed by atoms with van der Waals surface area (Å²) in [7, 11) is -2.04. The first-order valence-electron chi connectivity index (χ1n) is 5.30. The van der Waals surface area contributed by atoms with Gasteiger partial charge in [0.25, 0.3) is 0 Å². The van der Waals surface area contributed by atoms with Crippen molar-refractivity contribution in [1.82, 2.24) is 5.32 Å². The Hall–Kier alpha value is -0.660. The highest BCUT2D eigenvalue weighted by molar-refractivity contribution is 7.92. The van der Waals surface area contributed by atoms with E-state index in [9.17, 15) is 18.3 Å². The summed E-state index contributed by atoms with van der Waals surface area (Å²) in [6.07, 6.45) is -1.02. The van der Waals surface area contributed by atoms with Gasteiger partial charge in [-0.3, -0.25) is 4.79 Å². The van der Waals surface area contributed by atoms with Gasteiger partial charge in [-0.15, -0.1) is 0 Å². The van der Waals surface area contributed by atoms with Crippen LogP contribution in [0, 0.1) is 0 Å². The fourth-order valence-corrected chi connectivity index (χ4v) is 2.44. The number of hydrogen-bond acceptors (Lipinski definition) is 6. The molecule has 0 amide bonds. The van der Waals surface area contributed by atoms with E-state index in [1.807, 2.05) is 0 Å². The van der Waals surface area contributed by atoms with Gasteiger partial charge in [0, 0.05) is 6.54 Å². The first-order valence-corrected chi connectivity index (χ1v) is 7.13. The molecule has 0 aromatic rings. The lowest BCUT2D eigenvalue weighted by molar-refractivity contribution is -0.151. The Balaban J connectivity index is 4.31. The molecule has 0 aliphatic carbocycles. The van der Waals surface area contributed by atoms with Crippen molar-refractivity contribution in [3.05, 3.63) is 0 Å². The van der Waals surface area contributed by atoms with E-state index in [2.05, 4.69) is 5.32 Å². The van der Waals surface area contributed by atoms with E-state index in [0.717, 1.165) is 0 Å². The number of aliphatic hydroxyl groups is 1. The maximum atomic E-state index is 11.5. The number of likely N-dealkylation sites (N-methyl/N-ethyl adjacent to an activating group) is 1. The lowest BCUT2D eigenvalue weighted by Gasteiger charge is -2.19. The molecule has 102 valence electrons. The molecule has 6 nitrogen and oxygen atoms in total. The van der Waals surface area contributed by atoms with Gasteiger partial charge in [-0.05, 0) is 27.8 Å². The number of nitrogens with one attached hydrogen (secondary N) is 1. The van der Waals surface area contributed by atoms with E-state index in [1.54, 1.807) is 27.8 Å². The number of aliphatic hydroxyl groups excluding tert-OH is 1. The Morgan fingerprint density at radius 1 is 1.41 bits per heavy atom. The molecule has 1 unspecified atom stereocenters. The van der Waals surface area contributed by atoms with Crippen molar-refractivity contribution in [2.45, 2.75) is 32.5 Å². The van der Waals surface area contributed by atoms with Crippen LogP contribution in [0.1, 0.15) is 20.8 Å². The molecule has 0 spiro atoms. The van der Waals surface area contributed by atoms with E-state index in [4.69, 9.17) is 4.74 Å². The second kappa shape index (κ2) is 6.32. The minimum Gasteiger partial charge on any atom is -0.459 e. The standard InChI is InChI=1S/C10H21NO5S/c1-10(2,3)16-9(13)7-17(14,15)6-8(12)5-11-4/h8,11-12H,5-7H2,1-4H3. The monoisotopic (exact) mass is 267 g/mol. The quantitative estimate of drug-likeness (QED) is 0.620. The molecule has 0 aromatic carbocycles. The molecule has 0 aliphatic heterocycles. The second-order valence-electron chi connectivity index (χ2n) is 4.85. The van der Waals surface area contributed by atoms with Crippen molar-refractivity contribution < 1.29 is 23.1 Å².